The molecule has 5 rings (SSSR count). The summed E-state index contributed by atoms with van der Waals surface area (Å²) in [5, 5.41) is 8.79. The Labute approximate surface area is 182 Å². The third-order valence-corrected chi connectivity index (χ3v) is 8.31. The molecule has 1 amide bonds. The van der Waals surface area contributed by atoms with Crippen LogP contribution in [0.1, 0.15) is 23.3 Å². The number of amides is 1. The standard InChI is InChI=1S/C21H31BrN4O2Si/c1-29(2,3)11-10-28-14-26-19-12-16(22)4-5-17(19)20(24-26)21(27)23-18-13-25-8-6-15(18)7-9-25/h4-5,12,15,18H,6-11,13-14H2,1-3H3,(H,23,27)/t18-/m0/s1. The molecule has 8 heteroatoms. The van der Waals surface area contributed by atoms with Crippen molar-refractivity contribution in [1.29, 1.82) is 0 Å². The molecule has 0 unspecified atom stereocenters. The van der Waals surface area contributed by atoms with Gasteiger partial charge in [0, 0.05) is 37.1 Å². The number of halogens is 1. The highest BCUT2D eigenvalue weighted by Gasteiger charge is 2.35. The first-order chi connectivity index (χ1) is 13.8. The SMILES string of the molecule is C[Si](C)(C)CCOCn1nc(C(=O)N[C@H]2CN3CCC2CC3)c2ccc(Br)cc21. The number of hydrogen-bond acceptors (Lipinski definition) is 4. The van der Waals surface area contributed by atoms with Crippen LogP contribution in [0.3, 0.4) is 0 Å². The minimum absolute atomic E-state index is 0.0723. The molecule has 0 saturated carbocycles. The van der Waals surface area contributed by atoms with Crippen molar-refractivity contribution in [3.05, 3.63) is 28.4 Å². The minimum Gasteiger partial charge on any atom is -0.360 e. The van der Waals surface area contributed by atoms with Crippen LogP contribution in [0.2, 0.25) is 25.7 Å². The second-order valence-corrected chi connectivity index (χ2v) is 16.1. The van der Waals surface area contributed by atoms with Gasteiger partial charge in [-0.25, -0.2) is 4.68 Å². The zero-order valence-corrected chi connectivity index (χ0v) is 20.2. The van der Waals surface area contributed by atoms with Crippen molar-refractivity contribution in [3.63, 3.8) is 0 Å². The van der Waals surface area contributed by atoms with Crippen LogP contribution in [0.5, 0.6) is 0 Å². The van der Waals surface area contributed by atoms with Crippen molar-refractivity contribution in [3.8, 4) is 0 Å². The van der Waals surface area contributed by atoms with Gasteiger partial charge in [0.15, 0.2) is 5.69 Å². The molecule has 4 heterocycles. The van der Waals surface area contributed by atoms with Crippen molar-refractivity contribution in [2.24, 2.45) is 5.92 Å². The Morgan fingerprint density at radius 2 is 2.07 bits per heavy atom. The van der Waals surface area contributed by atoms with Crippen molar-refractivity contribution >= 4 is 40.8 Å². The highest BCUT2D eigenvalue weighted by atomic mass is 79.9. The number of piperidine rings is 3. The molecule has 0 radical (unpaired) electrons. The third-order valence-electron chi connectivity index (χ3n) is 6.11. The summed E-state index contributed by atoms with van der Waals surface area (Å²) in [5.41, 5.74) is 1.42. The molecule has 3 fully saturated rings. The van der Waals surface area contributed by atoms with Crippen LogP contribution in [0, 0.1) is 5.92 Å². The van der Waals surface area contributed by atoms with Gasteiger partial charge in [-0.05, 0) is 56.1 Å². The van der Waals surface area contributed by atoms with Gasteiger partial charge in [0.05, 0.1) is 5.52 Å². The second-order valence-electron chi connectivity index (χ2n) is 9.58. The molecule has 29 heavy (non-hydrogen) atoms. The van der Waals surface area contributed by atoms with Gasteiger partial charge in [0.25, 0.3) is 5.91 Å². The Balaban J connectivity index is 1.50. The van der Waals surface area contributed by atoms with E-state index in [4.69, 9.17) is 4.74 Å². The number of hydrogen-bond donors (Lipinski definition) is 1. The lowest BCUT2D eigenvalue weighted by Crippen LogP contribution is -2.57. The van der Waals surface area contributed by atoms with Crippen LogP contribution in [-0.2, 0) is 11.5 Å². The van der Waals surface area contributed by atoms with Gasteiger partial charge in [-0.15, -0.1) is 0 Å². The summed E-state index contributed by atoms with van der Waals surface area (Å²) in [6.45, 7) is 11.4. The maximum Gasteiger partial charge on any atom is 0.272 e. The summed E-state index contributed by atoms with van der Waals surface area (Å²) in [5.74, 6) is 0.522. The van der Waals surface area contributed by atoms with Gasteiger partial charge in [0.2, 0.25) is 0 Å². The molecule has 2 aromatic rings. The molecule has 3 aliphatic heterocycles. The first-order valence-corrected chi connectivity index (χ1v) is 15.1. The number of nitrogens with one attached hydrogen (secondary N) is 1. The molecule has 1 aromatic carbocycles. The molecule has 3 aliphatic rings. The first kappa shape index (κ1) is 21.0. The van der Waals surface area contributed by atoms with Crippen molar-refractivity contribution < 1.29 is 9.53 Å². The van der Waals surface area contributed by atoms with Gasteiger partial charge in [0.1, 0.15) is 6.73 Å². The van der Waals surface area contributed by atoms with Crippen LogP contribution in [0.25, 0.3) is 10.9 Å². The summed E-state index contributed by atoms with van der Waals surface area (Å²) >= 11 is 3.54. The normalized spacial score (nSPS) is 24.2. The zero-order chi connectivity index (χ0) is 20.6. The Morgan fingerprint density at radius 3 is 2.72 bits per heavy atom. The van der Waals surface area contributed by atoms with E-state index in [1.54, 1.807) is 0 Å². The lowest BCUT2D eigenvalue weighted by atomic mass is 9.84. The predicted molar refractivity (Wildman–Crippen MR) is 122 cm³/mol. The van der Waals surface area contributed by atoms with E-state index in [0.29, 0.717) is 18.3 Å². The van der Waals surface area contributed by atoms with E-state index >= 15 is 0 Å². The Morgan fingerprint density at radius 1 is 1.31 bits per heavy atom. The van der Waals surface area contributed by atoms with E-state index in [0.717, 1.165) is 47.7 Å². The van der Waals surface area contributed by atoms with Crippen LogP contribution >= 0.6 is 15.9 Å². The van der Waals surface area contributed by atoms with E-state index < -0.39 is 8.07 Å². The van der Waals surface area contributed by atoms with E-state index in [1.807, 2.05) is 22.9 Å². The third kappa shape index (κ3) is 4.92. The number of ether oxygens (including phenoxy) is 1. The average Bonchev–Trinajstić information content (AvgIpc) is 3.03. The smallest absolute Gasteiger partial charge is 0.272 e. The molecule has 2 bridgehead atoms. The van der Waals surface area contributed by atoms with Gasteiger partial charge < -0.3 is 15.0 Å². The fourth-order valence-corrected chi connectivity index (χ4v) is 5.41. The lowest BCUT2D eigenvalue weighted by Gasteiger charge is -2.44. The van der Waals surface area contributed by atoms with Crippen molar-refractivity contribution in [2.75, 3.05) is 26.2 Å². The Hall–Kier alpha value is -1.22. The molecule has 6 nitrogen and oxygen atoms in total. The number of rotatable bonds is 7. The van der Waals surface area contributed by atoms with Gasteiger partial charge >= 0.3 is 0 Å². The van der Waals surface area contributed by atoms with Crippen molar-refractivity contribution in [1.82, 2.24) is 20.0 Å². The molecule has 158 valence electrons. The largest absolute Gasteiger partial charge is 0.360 e. The molecule has 1 aromatic heterocycles. The van der Waals surface area contributed by atoms with Crippen molar-refractivity contribution in [2.45, 2.75) is 51.3 Å². The van der Waals surface area contributed by atoms with Gasteiger partial charge in [-0.1, -0.05) is 35.6 Å². The molecular weight excluding hydrogens is 448 g/mol. The van der Waals surface area contributed by atoms with E-state index in [9.17, 15) is 4.79 Å². The van der Waals surface area contributed by atoms with Crippen LogP contribution in [-0.4, -0.2) is 60.9 Å². The number of benzene rings is 1. The Bertz CT molecular complexity index is 887. The monoisotopic (exact) mass is 478 g/mol. The van der Waals surface area contributed by atoms with E-state index in [2.05, 4.69) is 50.9 Å². The molecule has 0 aliphatic carbocycles. The molecular formula is C21H31BrN4O2Si. The van der Waals surface area contributed by atoms with Gasteiger partial charge in [-0.2, -0.15) is 5.10 Å². The summed E-state index contributed by atoms with van der Waals surface area (Å²) in [4.78, 5) is 15.6. The topological polar surface area (TPSA) is 59.4 Å². The maximum absolute atomic E-state index is 13.1. The number of fused-ring (bicyclic) bond motifs is 4. The van der Waals surface area contributed by atoms with Crippen LogP contribution in [0.15, 0.2) is 22.7 Å². The predicted octanol–water partition coefficient (Wildman–Crippen LogP) is 3.94. The second kappa shape index (κ2) is 8.49. The van der Waals surface area contributed by atoms with E-state index in [-0.39, 0.29) is 11.9 Å². The molecule has 1 atom stereocenters. The number of carbonyl (C=O) groups is 1. The maximum atomic E-state index is 13.1. The fraction of sp³-hybridized carbons (Fsp3) is 0.619. The average molecular weight is 479 g/mol. The highest BCUT2D eigenvalue weighted by Crippen LogP contribution is 2.28. The minimum atomic E-state index is -1.13. The number of nitrogens with zero attached hydrogens (tertiary/aromatic N) is 3. The highest BCUT2D eigenvalue weighted by molar-refractivity contribution is 9.10. The Kier molecular flexibility index (Phi) is 6.16. The molecule has 1 N–H and O–H groups in total. The van der Waals surface area contributed by atoms with Crippen LogP contribution < -0.4 is 5.32 Å². The lowest BCUT2D eigenvalue weighted by molar-refractivity contribution is 0.0613. The summed E-state index contributed by atoms with van der Waals surface area (Å²) in [7, 11) is -1.13. The quantitative estimate of drug-likeness (QED) is 0.483. The summed E-state index contributed by atoms with van der Waals surface area (Å²) < 4.78 is 8.69. The van der Waals surface area contributed by atoms with Crippen LogP contribution in [0.4, 0.5) is 0 Å². The summed E-state index contributed by atoms with van der Waals surface area (Å²) in [6, 6.07) is 7.29. The molecule has 0 spiro atoms. The first-order valence-electron chi connectivity index (χ1n) is 10.6. The van der Waals surface area contributed by atoms with Gasteiger partial charge in [-0.3, -0.25) is 4.79 Å². The zero-order valence-electron chi connectivity index (χ0n) is 17.6. The van der Waals surface area contributed by atoms with E-state index in [1.165, 1.54) is 12.8 Å². The number of aromatic nitrogens is 2. The molecule has 3 saturated heterocycles. The fourth-order valence-electron chi connectivity index (χ4n) is 4.31. The summed E-state index contributed by atoms with van der Waals surface area (Å²) in [6.07, 6.45) is 2.36. The number of carbonyl (C=O) groups excluding carboxylic acids is 1.